The highest BCUT2D eigenvalue weighted by molar-refractivity contribution is 7.19. The maximum atomic E-state index is 13.3. The number of fused-ring (bicyclic) bond motifs is 1. The second-order valence-corrected chi connectivity index (χ2v) is 7.88. The highest BCUT2D eigenvalue weighted by Crippen LogP contribution is 2.35. The first-order chi connectivity index (χ1) is 14.1. The summed E-state index contributed by atoms with van der Waals surface area (Å²) in [6.45, 7) is 4.52. The van der Waals surface area contributed by atoms with Crippen molar-refractivity contribution in [2.45, 2.75) is 20.4 Å². The summed E-state index contributed by atoms with van der Waals surface area (Å²) in [5.41, 5.74) is 3.32. The van der Waals surface area contributed by atoms with Crippen molar-refractivity contribution in [3.63, 3.8) is 0 Å². The maximum Gasteiger partial charge on any atom is 0.338 e. The van der Waals surface area contributed by atoms with Crippen LogP contribution in [-0.4, -0.2) is 22.1 Å². The molecule has 0 bridgehead atoms. The fourth-order valence-corrected chi connectivity index (χ4v) is 4.36. The molecule has 2 aromatic carbocycles. The molecule has 0 N–H and O–H groups in total. The summed E-state index contributed by atoms with van der Waals surface area (Å²) >= 11 is 1.54. The average Bonchev–Trinajstić information content (AvgIpc) is 3.08. The van der Waals surface area contributed by atoms with Crippen molar-refractivity contribution < 1.29 is 9.53 Å². The van der Waals surface area contributed by atoms with Gasteiger partial charge in [-0.2, -0.15) is 0 Å². The molecule has 0 aliphatic heterocycles. The van der Waals surface area contributed by atoms with Gasteiger partial charge in [-0.1, -0.05) is 42.5 Å². The zero-order valence-electron chi connectivity index (χ0n) is 16.2. The second-order valence-electron chi connectivity index (χ2n) is 6.67. The molecule has 0 radical (unpaired) electrons. The molecule has 0 saturated heterocycles. The molecule has 29 heavy (non-hydrogen) atoms. The lowest BCUT2D eigenvalue weighted by atomic mass is 10.0. The van der Waals surface area contributed by atoms with Gasteiger partial charge in [0, 0.05) is 10.4 Å². The number of hydrogen-bond donors (Lipinski definition) is 0. The van der Waals surface area contributed by atoms with Crippen molar-refractivity contribution in [3.8, 4) is 11.1 Å². The second kappa shape index (κ2) is 8.01. The Labute approximate surface area is 172 Å². The number of rotatable bonds is 5. The van der Waals surface area contributed by atoms with Crippen LogP contribution in [0.3, 0.4) is 0 Å². The van der Waals surface area contributed by atoms with Crippen molar-refractivity contribution in [2.75, 3.05) is 6.61 Å². The number of thiophene rings is 1. The van der Waals surface area contributed by atoms with E-state index in [1.807, 2.05) is 49.4 Å². The van der Waals surface area contributed by atoms with Crippen LogP contribution in [0.1, 0.15) is 27.7 Å². The Kier molecular flexibility index (Phi) is 5.27. The molecule has 0 saturated carbocycles. The van der Waals surface area contributed by atoms with E-state index in [1.165, 1.54) is 11.3 Å². The van der Waals surface area contributed by atoms with Gasteiger partial charge in [-0.05, 0) is 37.1 Å². The van der Waals surface area contributed by atoms with Gasteiger partial charge in [-0.15, -0.1) is 11.3 Å². The molecule has 4 rings (SSSR count). The van der Waals surface area contributed by atoms with Crippen LogP contribution in [0.5, 0.6) is 0 Å². The molecule has 2 heterocycles. The molecule has 146 valence electrons. The lowest BCUT2D eigenvalue weighted by molar-refractivity contribution is 0.0526. The van der Waals surface area contributed by atoms with Gasteiger partial charge in [0.05, 0.1) is 30.4 Å². The number of benzene rings is 2. The molecule has 0 amide bonds. The van der Waals surface area contributed by atoms with E-state index in [2.05, 4.69) is 4.98 Å². The smallest absolute Gasteiger partial charge is 0.338 e. The fourth-order valence-electron chi connectivity index (χ4n) is 3.36. The van der Waals surface area contributed by atoms with E-state index in [9.17, 15) is 9.59 Å². The van der Waals surface area contributed by atoms with Gasteiger partial charge in [0.25, 0.3) is 5.56 Å². The molecular weight excluding hydrogens is 384 g/mol. The van der Waals surface area contributed by atoms with Crippen LogP contribution >= 0.6 is 11.3 Å². The Morgan fingerprint density at radius 1 is 1.10 bits per heavy atom. The van der Waals surface area contributed by atoms with Crippen LogP contribution in [0.15, 0.2) is 65.7 Å². The zero-order valence-corrected chi connectivity index (χ0v) is 17.0. The van der Waals surface area contributed by atoms with Gasteiger partial charge >= 0.3 is 5.97 Å². The van der Waals surface area contributed by atoms with Crippen LogP contribution in [0.4, 0.5) is 0 Å². The third-order valence-corrected chi connectivity index (χ3v) is 5.75. The van der Waals surface area contributed by atoms with E-state index in [4.69, 9.17) is 4.74 Å². The summed E-state index contributed by atoms with van der Waals surface area (Å²) in [5.74, 6) is -0.347. The minimum absolute atomic E-state index is 0.0623. The molecule has 4 aromatic rings. The molecular formula is C23H20N2O3S. The van der Waals surface area contributed by atoms with Crippen LogP contribution < -0.4 is 5.56 Å². The quantitative estimate of drug-likeness (QED) is 0.454. The van der Waals surface area contributed by atoms with Gasteiger partial charge in [-0.3, -0.25) is 9.36 Å². The van der Waals surface area contributed by atoms with E-state index in [0.29, 0.717) is 24.1 Å². The highest BCUT2D eigenvalue weighted by Gasteiger charge is 2.17. The number of carbonyl (C=O) groups is 1. The normalized spacial score (nSPS) is 11.0. The lowest BCUT2D eigenvalue weighted by Crippen LogP contribution is -2.21. The van der Waals surface area contributed by atoms with Crippen molar-refractivity contribution in [1.29, 1.82) is 0 Å². The first-order valence-electron chi connectivity index (χ1n) is 9.38. The van der Waals surface area contributed by atoms with Crippen LogP contribution in [0.25, 0.3) is 21.3 Å². The molecule has 0 atom stereocenters. The lowest BCUT2D eigenvalue weighted by Gasteiger charge is -2.08. The minimum Gasteiger partial charge on any atom is -0.462 e. The minimum atomic E-state index is -0.347. The number of hydrogen-bond acceptors (Lipinski definition) is 5. The molecule has 0 unspecified atom stereocenters. The monoisotopic (exact) mass is 404 g/mol. The van der Waals surface area contributed by atoms with E-state index < -0.39 is 0 Å². The van der Waals surface area contributed by atoms with Gasteiger partial charge < -0.3 is 4.74 Å². The van der Waals surface area contributed by atoms with E-state index in [0.717, 1.165) is 26.4 Å². The number of nitrogens with zero attached hydrogens (tertiary/aromatic N) is 2. The third kappa shape index (κ3) is 3.71. The summed E-state index contributed by atoms with van der Waals surface area (Å²) in [4.78, 5) is 31.4. The van der Waals surface area contributed by atoms with Crippen molar-refractivity contribution in [3.05, 3.63) is 87.3 Å². The Hall–Kier alpha value is -3.25. The average molecular weight is 404 g/mol. The van der Waals surface area contributed by atoms with Crippen LogP contribution in [0.2, 0.25) is 0 Å². The fraction of sp³-hybridized carbons (Fsp3) is 0.174. The predicted molar refractivity (Wildman–Crippen MR) is 116 cm³/mol. The van der Waals surface area contributed by atoms with Gasteiger partial charge in [0.15, 0.2) is 0 Å². The van der Waals surface area contributed by atoms with Crippen LogP contribution in [-0.2, 0) is 11.3 Å². The molecule has 5 nitrogen and oxygen atoms in total. The van der Waals surface area contributed by atoms with Crippen LogP contribution in [0, 0.1) is 6.92 Å². The Morgan fingerprint density at radius 3 is 2.52 bits per heavy atom. The van der Waals surface area contributed by atoms with Gasteiger partial charge in [-0.25, -0.2) is 9.78 Å². The predicted octanol–water partition coefficient (Wildman–Crippen LogP) is 4.66. The van der Waals surface area contributed by atoms with Crippen molar-refractivity contribution in [2.24, 2.45) is 0 Å². The van der Waals surface area contributed by atoms with Gasteiger partial charge in [0.2, 0.25) is 0 Å². The Morgan fingerprint density at radius 2 is 1.83 bits per heavy atom. The summed E-state index contributed by atoms with van der Waals surface area (Å²) in [6.07, 6.45) is 1.59. The van der Waals surface area contributed by atoms with E-state index >= 15 is 0 Å². The maximum absolute atomic E-state index is 13.3. The number of carbonyl (C=O) groups excluding carboxylic acids is 1. The highest BCUT2D eigenvalue weighted by atomic mass is 32.1. The molecule has 0 aliphatic carbocycles. The van der Waals surface area contributed by atoms with E-state index in [1.54, 1.807) is 30.0 Å². The number of aryl methyl sites for hydroxylation is 1. The van der Waals surface area contributed by atoms with Gasteiger partial charge in [0.1, 0.15) is 4.83 Å². The number of aromatic nitrogens is 2. The standard InChI is InChI=1S/C23H20N2O3S/c1-3-28-23(27)18-11-9-16(10-12-18)13-25-14-24-21-20(22(25)26)19(15(2)29-21)17-7-5-4-6-8-17/h4-12,14H,3,13H2,1-2H3. The largest absolute Gasteiger partial charge is 0.462 e. The van der Waals surface area contributed by atoms with Crippen molar-refractivity contribution in [1.82, 2.24) is 9.55 Å². The van der Waals surface area contributed by atoms with E-state index in [-0.39, 0.29) is 11.5 Å². The summed E-state index contributed by atoms with van der Waals surface area (Å²) in [7, 11) is 0. The molecule has 0 aliphatic rings. The molecule has 6 heteroatoms. The third-order valence-electron chi connectivity index (χ3n) is 4.74. The first-order valence-corrected chi connectivity index (χ1v) is 10.2. The molecule has 2 aromatic heterocycles. The Bertz CT molecular complexity index is 1220. The summed E-state index contributed by atoms with van der Waals surface area (Å²) in [5, 5.41) is 0.657. The molecule has 0 fully saturated rings. The summed E-state index contributed by atoms with van der Waals surface area (Å²) < 4.78 is 6.62. The topological polar surface area (TPSA) is 61.2 Å². The SMILES string of the molecule is CCOC(=O)c1ccc(Cn2cnc3sc(C)c(-c4ccccc4)c3c2=O)cc1. The number of esters is 1. The summed E-state index contributed by atoms with van der Waals surface area (Å²) in [6, 6.07) is 17.0. The number of ether oxygens (including phenoxy) is 1. The Balaban J connectivity index is 1.71. The molecule has 0 spiro atoms. The first kappa shape index (κ1) is 19.1. The zero-order chi connectivity index (χ0) is 20.4. The van der Waals surface area contributed by atoms with Crippen molar-refractivity contribution >= 4 is 27.5 Å².